The van der Waals surface area contributed by atoms with Gasteiger partial charge in [0.05, 0.1) is 11.4 Å². The monoisotopic (exact) mass is 592 g/mol. The minimum absolute atomic E-state index is 0.163. The Morgan fingerprint density at radius 3 is 1.54 bits per heavy atom. The first kappa shape index (κ1) is 29.1. The van der Waals surface area contributed by atoms with Crippen LogP contribution in [0.25, 0.3) is 50.5 Å². The predicted molar refractivity (Wildman–Crippen MR) is 193 cm³/mol. The van der Waals surface area contributed by atoms with Gasteiger partial charge in [0.25, 0.3) is 0 Å². The average molecular weight is 593 g/mol. The van der Waals surface area contributed by atoms with Crippen LogP contribution in [0.2, 0.25) is 0 Å². The first-order valence-corrected chi connectivity index (χ1v) is 15.9. The highest BCUT2D eigenvalue weighted by Gasteiger charge is 2.23. The van der Waals surface area contributed by atoms with E-state index in [4.69, 9.17) is 9.97 Å². The van der Waals surface area contributed by atoms with Crippen LogP contribution in [0.15, 0.2) is 170 Å². The van der Waals surface area contributed by atoms with Crippen LogP contribution in [0.4, 0.5) is 0 Å². The highest BCUT2D eigenvalue weighted by atomic mass is 14.9. The number of hydrogen-bond donors (Lipinski definition) is 0. The first-order valence-electron chi connectivity index (χ1n) is 15.9. The Kier molecular flexibility index (Phi) is 8.10. The highest BCUT2D eigenvalue weighted by Crippen LogP contribution is 2.35. The molecule has 46 heavy (non-hydrogen) atoms. The molecule has 0 bridgehead atoms. The number of hydrogen-bond acceptors (Lipinski definition) is 2. The van der Waals surface area contributed by atoms with Gasteiger partial charge in [-0.15, -0.1) is 0 Å². The Morgan fingerprint density at radius 1 is 0.478 bits per heavy atom. The molecule has 1 heterocycles. The van der Waals surface area contributed by atoms with Gasteiger partial charge in [0.2, 0.25) is 0 Å². The van der Waals surface area contributed by atoms with E-state index in [-0.39, 0.29) is 5.41 Å². The second-order valence-corrected chi connectivity index (χ2v) is 12.2. The Hall–Kier alpha value is -5.60. The van der Waals surface area contributed by atoms with Crippen molar-refractivity contribution in [2.75, 3.05) is 0 Å². The smallest absolute Gasteiger partial charge is 0.160 e. The molecule has 0 saturated carbocycles. The summed E-state index contributed by atoms with van der Waals surface area (Å²) in [5.41, 5.74) is 12.3. The molecule has 7 rings (SSSR count). The molecular formula is C44H36N2. The summed E-state index contributed by atoms with van der Waals surface area (Å²) in [5, 5.41) is 0. The summed E-state index contributed by atoms with van der Waals surface area (Å²) in [6, 6.07) is 49.6. The van der Waals surface area contributed by atoms with Crippen LogP contribution >= 0.6 is 0 Å². The third-order valence-electron chi connectivity index (χ3n) is 8.89. The zero-order valence-corrected chi connectivity index (χ0v) is 26.3. The van der Waals surface area contributed by atoms with Crippen molar-refractivity contribution < 1.29 is 0 Å². The molecule has 1 aliphatic carbocycles. The standard InChI is InChI=1S/C44H36N2/c1-44(2,39-27-23-35(24-28-39)34-21-19-33(20-22-34)32-13-9-5-10-14-32)40-29-25-37(26-30-40)42-31-41(36-15-7-3-4-8-16-36)45-43(46-42)38-17-11-6-12-18-38/h3-7,9-31H,8H2,1-2H3. The second kappa shape index (κ2) is 12.8. The van der Waals surface area contributed by atoms with Gasteiger partial charge >= 0.3 is 0 Å². The Bertz CT molecular complexity index is 2030. The molecule has 6 aromatic rings. The minimum Gasteiger partial charge on any atom is -0.228 e. The number of aromatic nitrogens is 2. The summed E-state index contributed by atoms with van der Waals surface area (Å²) >= 11 is 0. The largest absolute Gasteiger partial charge is 0.228 e. The lowest BCUT2D eigenvalue weighted by Crippen LogP contribution is -2.18. The van der Waals surface area contributed by atoms with Gasteiger partial charge in [-0.2, -0.15) is 0 Å². The Balaban J connectivity index is 1.15. The molecule has 222 valence electrons. The average Bonchev–Trinajstić information content (AvgIpc) is 3.42. The summed E-state index contributed by atoms with van der Waals surface area (Å²) in [6.07, 6.45) is 11.5. The summed E-state index contributed by atoms with van der Waals surface area (Å²) in [6.45, 7) is 4.59. The zero-order chi connectivity index (χ0) is 31.3. The topological polar surface area (TPSA) is 25.8 Å². The van der Waals surface area contributed by atoms with Gasteiger partial charge in [-0.1, -0.05) is 178 Å². The molecule has 0 radical (unpaired) electrons. The summed E-state index contributed by atoms with van der Waals surface area (Å²) in [7, 11) is 0. The van der Waals surface area contributed by atoms with Crippen molar-refractivity contribution in [3.63, 3.8) is 0 Å². The maximum atomic E-state index is 5.03. The minimum atomic E-state index is -0.163. The van der Waals surface area contributed by atoms with E-state index < -0.39 is 0 Å². The molecule has 0 N–H and O–H groups in total. The fourth-order valence-electron chi connectivity index (χ4n) is 6.02. The molecule has 0 amide bonds. The molecule has 0 saturated heterocycles. The Morgan fingerprint density at radius 2 is 0.957 bits per heavy atom. The molecule has 0 atom stereocenters. The lowest BCUT2D eigenvalue weighted by Gasteiger charge is -2.26. The highest BCUT2D eigenvalue weighted by molar-refractivity contribution is 5.77. The molecule has 2 heteroatoms. The molecule has 0 aliphatic heterocycles. The van der Waals surface area contributed by atoms with Crippen molar-refractivity contribution >= 4 is 5.57 Å². The maximum Gasteiger partial charge on any atom is 0.160 e. The van der Waals surface area contributed by atoms with Crippen molar-refractivity contribution in [1.82, 2.24) is 9.97 Å². The van der Waals surface area contributed by atoms with E-state index in [0.717, 1.165) is 40.3 Å². The molecule has 0 unspecified atom stereocenters. The Labute approximate surface area is 272 Å². The number of benzene rings is 5. The van der Waals surface area contributed by atoms with E-state index in [1.54, 1.807) is 0 Å². The zero-order valence-electron chi connectivity index (χ0n) is 26.3. The van der Waals surface area contributed by atoms with Crippen molar-refractivity contribution in [2.45, 2.75) is 25.7 Å². The van der Waals surface area contributed by atoms with Crippen LogP contribution in [0.5, 0.6) is 0 Å². The van der Waals surface area contributed by atoms with Crippen molar-refractivity contribution in [2.24, 2.45) is 0 Å². The van der Waals surface area contributed by atoms with Gasteiger partial charge in [0, 0.05) is 16.5 Å². The summed E-state index contributed by atoms with van der Waals surface area (Å²) in [4.78, 5) is 10.0. The van der Waals surface area contributed by atoms with Crippen LogP contribution in [-0.4, -0.2) is 9.97 Å². The molecule has 0 fully saturated rings. The third kappa shape index (κ3) is 6.16. The SMILES string of the molecule is CC(C)(c1ccc(-c2ccc(-c3ccccc3)cc2)cc1)c1ccc(-c2cc(C3=CCC=CC=C3)nc(-c3ccccc3)n2)cc1. The predicted octanol–water partition coefficient (Wildman–Crippen LogP) is 11.4. The van der Waals surface area contributed by atoms with Crippen molar-refractivity contribution in [3.8, 4) is 44.9 Å². The van der Waals surface area contributed by atoms with Crippen molar-refractivity contribution in [3.05, 3.63) is 187 Å². The normalized spacial score (nSPS) is 12.9. The number of allylic oxidation sites excluding steroid dienone is 6. The van der Waals surface area contributed by atoms with Crippen LogP contribution in [0, 0.1) is 0 Å². The lowest BCUT2D eigenvalue weighted by atomic mass is 9.77. The van der Waals surface area contributed by atoms with E-state index in [1.807, 2.05) is 18.2 Å². The van der Waals surface area contributed by atoms with Crippen molar-refractivity contribution in [1.29, 1.82) is 0 Å². The molecule has 5 aromatic carbocycles. The van der Waals surface area contributed by atoms with Crippen LogP contribution in [0.3, 0.4) is 0 Å². The fraction of sp³-hybridized carbons (Fsp3) is 0.0909. The van der Waals surface area contributed by atoms with E-state index in [2.05, 4.69) is 166 Å². The van der Waals surface area contributed by atoms with Gasteiger partial charge in [-0.25, -0.2) is 9.97 Å². The summed E-state index contributed by atoms with van der Waals surface area (Å²) < 4.78 is 0. The van der Waals surface area contributed by atoms with Crippen LogP contribution < -0.4 is 0 Å². The maximum absolute atomic E-state index is 5.03. The first-order chi connectivity index (χ1) is 22.5. The molecule has 0 spiro atoms. The van der Waals surface area contributed by atoms with Crippen LogP contribution in [-0.2, 0) is 5.41 Å². The number of rotatable bonds is 7. The van der Waals surface area contributed by atoms with E-state index in [9.17, 15) is 0 Å². The van der Waals surface area contributed by atoms with Gasteiger partial charge in [-0.3, -0.25) is 0 Å². The van der Waals surface area contributed by atoms with Gasteiger partial charge in [0.15, 0.2) is 5.82 Å². The molecular weight excluding hydrogens is 556 g/mol. The van der Waals surface area contributed by atoms with E-state index in [1.165, 1.54) is 33.4 Å². The second-order valence-electron chi connectivity index (χ2n) is 12.2. The third-order valence-corrected chi connectivity index (χ3v) is 8.89. The van der Waals surface area contributed by atoms with Crippen LogP contribution in [0.1, 0.15) is 37.1 Å². The summed E-state index contributed by atoms with van der Waals surface area (Å²) in [5.74, 6) is 0.735. The van der Waals surface area contributed by atoms with Gasteiger partial charge in [-0.05, 0) is 51.4 Å². The molecule has 1 aliphatic rings. The lowest BCUT2D eigenvalue weighted by molar-refractivity contribution is 0.641. The number of nitrogens with zero attached hydrogens (tertiary/aromatic N) is 2. The van der Waals surface area contributed by atoms with Gasteiger partial charge in [0.1, 0.15) is 0 Å². The van der Waals surface area contributed by atoms with Gasteiger partial charge < -0.3 is 0 Å². The van der Waals surface area contributed by atoms with E-state index >= 15 is 0 Å². The molecule has 2 nitrogen and oxygen atoms in total. The fourth-order valence-corrected chi connectivity index (χ4v) is 6.02. The quantitative estimate of drug-likeness (QED) is 0.184. The van der Waals surface area contributed by atoms with E-state index in [0.29, 0.717) is 0 Å². The molecule has 1 aromatic heterocycles.